The second-order valence-electron chi connectivity index (χ2n) is 6.83. The molecule has 7 heteroatoms. The normalized spacial score (nSPS) is 23.8. The van der Waals surface area contributed by atoms with Crippen molar-refractivity contribution in [3.8, 4) is 0 Å². The molecule has 1 saturated heterocycles. The summed E-state index contributed by atoms with van der Waals surface area (Å²) in [5.41, 5.74) is -1.46. The SMILES string of the molecule is [C-]#[N+]c1ccc(S[C@H]2CN(C(=O)OC(C)(C)C)CC2(O)CO)cc1. The highest BCUT2D eigenvalue weighted by Gasteiger charge is 2.48. The number of hydrogen-bond acceptors (Lipinski definition) is 5. The van der Waals surface area contributed by atoms with Gasteiger partial charge in [0.15, 0.2) is 5.69 Å². The van der Waals surface area contributed by atoms with Crippen molar-refractivity contribution in [3.05, 3.63) is 35.7 Å². The first-order chi connectivity index (χ1) is 11.2. The fraction of sp³-hybridized carbons (Fsp3) is 0.529. The summed E-state index contributed by atoms with van der Waals surface area (Å²) >= 11 is 1.38. The van der Waals surface area contributed by atoms with E-state index in [0.29, 0.717) is 5.69 Å². The van der Waals surface area contributed by atoms with Crippen molar-refractivity contribution in [3.63, 3.8) is 0 Å². The third-order valence-corrected chi connectivity index (χ3v) is 5.04. The van der Waals surface area contributed by atoms with Crippen molar-refractivity contribution in [1.82, 2.24) is 4.90 Å². The average Bonchev–Trinajstić information content (AvgIpc) is 2.84. The summed E-state index contributed by atoms with van der Waals surface area (Å²) in [6.07, 6.45) is -0.499. The van der Waals surface area contributed by atoms with Gasteiger partial charge in [0.2, 0.25) is 0 Å². The lowest BCUT2D eigenvalue weighted by Crippen LogP contribution is -2.44. The van der Waals surface area contributed by atoms with Crippen LogP contribution in [0.1, 0.15) is 20.8 Å². The number of aliphatic hydroxyl groups excluding tert-OH is 1. The van der Waals surface area contributed by atoms with Crippen molar-refractivity contribution in [2.75, 3.05) is 19.7 Å². The van der Waals surface area contributed by atoms with Gasteiger partial charge in [-0.25, -0.2) is 9.64 Å². The molecule has 1 aliphatic rings. The molecule has 1 amide bonds. The molecular weight excluding hydrogens is 328 g/mol. The van der Waals surface area contributed by atoms with Gasteiger partial charge in [0.25, 0.3) is 0 Å². The number of ether oxygens (including phenoxy) is 1. The summed E-state index contributed by atoms with van der Waals surface area (Å²) in [4.78, 5) is 17.8. The van der Waals surface area contributed by atoms with E-state index in [1.54, 1.807) is 45.0 Å². The molecule has 24 heavy (non-hydrogen) atoms. The first-order valence-electron chi connectivity index (χ1n) is 7.62. The Balaban J connectivity index is 2.10. The largest absolute Gasteiger partial charge is 0.444 e. The zero-order valence-corrected chi connectivity index (χ0v) is 14.8. The third-order valence-electron chi connectivity index (χ3n) is 3.62. The first-order valence-corrected chi connectivity index (χ1v) is 8.50. The summed E-state index contributed by atoms with van der Waals surface area (Å²) in [6, 6.07) is 7.00. The van der Waals surface area contributed by atoms with Gasteiger partial charge in [-0.1, -0.05) is 24.3 Å². The second-order valence-corrected chi connectivity index (χ2v) is 8.11. The van der Waals surface area contributed by atoms with E-state index in [4.69, 9.17) is 11.3 Å². The molecule has 0 bridgehead atoms. The van der Waals surface area contributed by atoms with E-state index < -0.39 is 23.9 Å². The Morgan fingerprint density at radius 3 is 2.58 bits per heavy atom. The number of β-amino-alcohol motifs (C(OH)–C–C–N with tert-alkyl or cyclic N) is 1. The van der Waals surface area contributed by atoms with Crippen LogP contribution in [0.3, 0.4) is 0 Å². The number of nitrogens with zero attached hydrogens (tertiary/aromatic N) is 2. The highest BCUT2D eigenvalue weighted by Crippen LogP contribution is 2.37. The van der Waals surface area contributed by atoms with Crippen LogP contribution >= 0.6 is 11.8 Å². The van der Waals surface area contributed by atoms with Gasteiger partial charge in [0.05, 0.1) is 25.0 Å². The minimum atomic E-state index is -1.39. The molecule has 1 heterocycles. The van der Waals surface area contributed by atoms with Crippen molar-refractivity contribution < 1.29 is 19.7 Å². The van der Waals surface area contributed by atoms with Crippen molar-refractivity contribution in [2.45, 2.75) is 42.1 Å². The number of likely N-dealkylation sites (tertiary alicyclic amines) is 1. The Bertz CT molecular complexity index is 635. The van der Waals surface area contributed by atoms with E-state index >= 15 is 0 Å². The Morgan fingerprint density at radius 2 is 2.08 bits per heavy atom. The minimum Gasteiger partial charge on any atom is -0.444 e. The van der Waals surface area contributed by atoms with Gasteiger partial charge in [-0.05, 0) is 20.8 Å². The molecule has 1 aromatic rings. The molecule has 2 rings (SSSR count). The molecule has 6 nitrogen and oxygen atoms in total. The molecule has 2 N–H and O–H groups in total. The van der Waals surface area contributed by atoms with Crippen LogP contribution in [-0.4, -0.2) is 57.4 Å². The van der Waals surface area contributed by atoms with E-state index in [1.165, 1.54) is 16.7 Å². The number of rotatable bonds is 3. The molecule has 1 aromatic carbocycles. The Hall–Kier alpha value is -1.75. The summed E-state index contributed by atoms with van der Waals surface area (Å²) in [5.74, 6) is 0. The molecule has 130 valence electrons. The number of amides is 1. The number of hydrogen-bond donors (Lipinski definition) is 2. The van der Waals surface area contributed by atoms with Crippen LogP contribution in [-0.2, 0) is 4.74 Å². The van der Waals surface area contributed by atoms with Gasteiger partial charge < -0.3 is 19.8 Å². The van der Waals surface area contributed by atoms with Crippen LogP contribution in [0.25, 0.3) is 4.85 Å². The van der Waals surface area contributed by atoms with Gasteiger partial charge in [0, 0.05) is 11.4 Å². The Morgan fingerprint density at radius 1 is 1.46 bits per heavy atom. The molecule has 0 aromatic heterocycles. The number of benzene rings is 1. The van der Waals surface area contributed by atoms with Crippen molar-refractivity contribution >= 4 is 23.5 Å². The van der Waals surface area contributed by atoms with Gasteiger partial charge >= 0.3 is 6.09 Å². The third kappa shape index (κ3) is 4.41. The van der Waals surface area contributed by atoms with E-state index in [0.717, 1.165) is 4.90 Å². The van der Waals surface area contributed by atoms with Crippen molar-refractivity contribution in [1.29, 1.82) is 0 Å². The summed E-state index contributed by atoms with van der Waals surface area (Å²) in [6.45, 7) is 12.2. The second kappa shape index (κ2) is 7.01. The van der Waals surface area contributed by atoms with Gasteiger partial charge in [0.1, 0.15) is 11.2 Å². The fourth-order valence-electron chi connectivity index (χ4n) is 2.39. The highest BCUT2D eigenvalue weighted by molar-refractivity contribution is 8.00. The van der Waals surface area contributed by atoms with E-state index in [-0.39, 0.29) is 18.3 Å². The number of thioether (sulfide) groups is 1. The maximum atomic E-state index is 12.2. The predicted molar refractivity (Wildman–Crippen MR) is 92.2 cm³/mol. The standard InChI is InChI=1S/C17H22N2O4S/c1-16(2,3)23-15(21)19-9-14(17(22,10-19)11-20)24-13-7-5-12(18-4)6-8-13/h5-8,14,20,22H,9-11H2,1-3H3/t14-,17?/m0/s1. The molecule has 0 aliphatic carbocycles. The lowest BCUT2D eigenvalue weighted by molar-refractivity contribution is -0.00976. The molecule has 0 spiro atoms. The molecule has 0 radical (unpaired) electrons. The van der Waals surface area contributed by atoms with Crippen LogP contribution < -0.4 is 0 Å². The summed E-state index contributed by atoms with van der Waals surface area (Å²) < 4.78 is 5.34. The number of carbonyl (C=O) groups excluding carboxylic acids is 1. The molecule has 0 saturated carbocycles. The fourth-order valence-corrected chi connectivity index (χ4v) is 3.64. The highest BCUT2D eigenvalue weighted by atomic mass is 32.2. The smallest absolute Gasteiger partial charge is 0.410 e. The summed E-state index contributed by atoms with van der Waals surface area (Å²) in [7, 11) is 0. The van der Waals surface area contributed by atoms with Crippen molar-refractivity contribution in [2.24, 2.45) is 0 Å². The molecule has 2 atom stereocenters. The molecule has 1 aliphatic heterocycles. The molecule has 1 fully saturated rings. The molecular formula is C17H22N2O4S. The lowest BCUT2D eigenvalue weighted by Gasteiger charge is -2.26. The Labute approximate surface area is 146 Å². The zero-order valence-electron chi connectivity index (χ0n) is 14.0. The van der Waals surface area contributed by atoms with E-state index in [2.05, 4.69) is 4.85 Å². The monoisotopic (exact) mass is 350 g/mol. The number of aliphatic hydroxyl groups is 2. The average molecular weight is 350 g/mol. The maximum Gasteiger partial charge on any atom is 0.410 e. The molecule has 1 unspecified atom stereocenters. The van der Waals surface area contributed by atoms with Crippen LogP contribution in [0, 0.1) is 6.57 Å². The maximum absolute atomic E-state index is 12.2. The van der Waals surface area contributed by atoms with Crippen LogP contribution in [0.2, 0.25) is 0 Å². The number of carbonyl (C=O) groups is 1. The van der Waals surface area contributed by atoms with Gasteiger partial charge in [-0.3, -0.25) is 0 Å². The minimum absolute atomic E-state index is 0.0240. The quantitative estimate of drug-likeness (QED) is 0.820. The predicted octanol–water partition coefficient (Wildman–Crippen LogP) is 2.67. The van der Waals surface area contributed by atoms with E-state index in [1.807, 2.05) is 0 Å². The van der Waals surface area contributed by atoms with Crippen LogP contribution in [0.4, 0.5) is 10.5 Å². The first kappa shape index (κ1) is 18.6. The Kier molecular flexibility index (Phi) is 5.43. The lowest BCUT2D eigenvalue weighted by atomic mass is 10.1. The topological polar surface area (TPSA) is 74.4 Å². The zero-order chi connectivity index (χ0) is 18.0. The van der Waals surface area contributed by atoms with E-state index in [9.17, 15) is 15.0 Å². The summed E-state index contributed by atoms with van der Waals surface area (Å²) in [5, 5.41) is 19.9. The van der Waals surface area contributed by atoms with Crippen LogP contribution in [0.5, 0.6) is 0 Å². The van der Waals surface area contributed by atoms with Gasteiger partial charge in [-0.15, -0.1) is 11.8 Å². The van der Waals surface area contributed by atoms with Crippen LogP contribution in [0.15, 0.2) is 29.2 Å². The van der Waals surface area contributed by atoms with Gasteiger partial charge in [-0.2, -0.15) is 0 Å².